The zero-order valence-corrected chi connectivity index (χ0v) is 5.39. The molecule has 1 saturated carbocycles. The molecule has 1 N–H and O–H groups in total. The third-order valence-corrected chi connectivity index (χ3v) is 1.76. The number of hydrogen-bond acceptors (Lipinski definition) is 2. The summed E-state index contributed by atoms with van der Waals surface area (Å²) in [7, 11) is 0. The monoisotopic (exact) mass is 130 g/mol. The second-order valence-corrected chi connectivity index (χ2v) is 2.40. The molecule has 0 bridgehead atoms. The molecule has 0 radical (unpaired) electrons. The zero-order valence-electron chi connectivity index (χ0n) is 5.39. The highest BCUT2D eigenvalue weighted by molar-refractivity contribution is 5.58. The minimum Gasteiger partial charge on any atom is -0.450 e. The Morgan fingerprint density at radius 1 is 1.78 bits per heavy atom. The van der Waals surface area contributed by atoms with E-state index in [-0.39, 0.29) is 5.60 Å². The lowest BCUT2D eigenvalue weighted by molar-refractivity contribution is 0.0374. The van der Waals surface area contributed by atoms with Gasteiger partial charge in [0.05, 0.1) is 0 Å². The summed E-state index contributed by atoms with van der Waals surface area (Å²) in [5.74, 6) is 0. The highest BCUT2D eigenvalue weighted by Crippen LogP contribution is 2.42. The minimum atomic E-state index is -1.14. The van der Waals surface area contributed by atoms with Crippen LogP contribution in [-0.2, 0) is 4.74 Å². The Morgan fingerprint density at radius 3 is 2.44 bits per heavy atom. The summed E-state index contributed by atoms with van der Waals surface area (Å²) in [6.45, 7) is 1.94. The first-order chi connectivity index (χ1) is 4.18. The predicted octanol–water partition coefficient (Wildman–Crippen LogP) is 1.62. The van der Waals surface area contributed by atoms with Gasteiger partial charge in [0.15, 0.2) is 0 Å². The number of rotatable bonds is 2. The van der Waals surface area contributed by atoms with E-state index < -0.39 is 6.16 Å². The smallest absolute Gasteiger partial charge is 0.450 e. The molecule has 3 nitrogen and oxygen atoms in total. The molecule has 0 aromatic rings. The largest absolute Gasteiger partial charge is 0.506 e. The predicted molar refractivity (Wildman–Crippen MR) is 31.4 cm³/mol. The van der Waals surface area contributed by atoms with Crippen molar-refractivity contribution in [2.75, 3.05) is 0 Å². The van der Waals surface area contributed by atoms with Gasteiger partial charge in [0.25, 0.3) is 0 Å². The zero-order chi connectivity index (χ0) is 6.91. The fourth-order valence-electron chi connectivity index (χ4n) is 0.852. The lowest BCUT2D eigenvalue weighted by Gasteiger charge is -2.09. The van der Waals surface area contributed by atoms with Crippen LogP contribution >= 0.6 is 0 Å². The van der Waals surface area contributed by atoms with Crippen LogP contribution in [0.1, 0.15) is 26.2 Å². The van der Waals surface area contributed by atoms with Crippen molar-refractivity contribution in [2.24, 2.45) is 0 Å². The number of carbonyl (C=O) groups is 1. The van der Waals surface area contributed by atoms with Crippen molar-refractivity contribution in [3.8, 4) is 0 Å². The van der Waals surface area contributed by atoms with E-state index in [0.717, 1.165) is 19.3 Å². The molecular formula is C6H10O3. The van der Waals surface area contributed by atoms with E-state index in [1.165, 1.54) is 0 Å². The Balaban J connectivity index is 2.33. The summed E-state index contributed by atoms with van der Waals surface area (Å²) in [4.78, 5) is 9.99. The Kier molecular flexibility index (Phi) is 1.35. The summed E-state index contributed by atoms with van der Waals surface area (Å²) in [6.07, 6.45) is 1.46. The Bertz CT molecular complexity index is 126. The molecule has 0 atom stereocenters. The van der Waals surface area contributed by atoms with E-state index in [1.807, 2.05) is 6.92 Å². The molecule has 1 aliphatic carbocycles. The fraction of sp³-hybridized carbons (Fsp3) is 0.833. The molecule has 0 unspecified atom stereocenters. The molecule has 1 fully saturated rings. The molecule has 1 rings (SSSR count). The SMILES string of the molecule is CCC1(OC(=O)O)CC1. The first kappa shape index (κ1) is 6.39. The molecule has 0 aliphatic heterocycles. The highest BCUT2D eigenvalue weighted by atomic mass is 16.7. The van der Waals surface area contributed by atoms with Gasteiger partial charge < -0.3 is 9.84 Å². The minimum absolute atomic E-state index is 0.286. The van der Waals surface area contributed by atoms with Gasteiger partial charge in [-0.15, -0.1) is 0 Å². The van der Waals surface area contributed by atoms with Gasteiger partial charge in [-0.2, -0.15) is 0 Å². The molecule has 1 aliphatic rings. The molecule has 0 aromatic heterocycles. The number of hydrogen-bond donors (Lipinski definition) is 1. The van der Waals surface area contributed by atoms with E-state index in [2.05, 4.69) is 4.74 Å². The highest BCUT2D eigenvalue weighted by Gasteiger charge is 2.45. The number of carboxylic acid groups (broad SMARTS) is 1. The van der Waals surface area contributed by atoms with Crippen LogP contribution in [0.4, 0.5) is 4.79 Å². The quantitative estimate of drug-likeness (QED) is 0.578. The Morgan fingerprint density at radius 2 is 2.33 bits per heavy atom. The second kappa shape index (κ2) is 1.90. The van der Waals surface area contributed by atoms with Crippen molar-refractivity contribution >= 4 is 6.16 Å². The maximum absolute atomic E-state index is 9.99. The van der Waals surface area contributed by atoms with Crippen molar-refractivity contribution in [3.05, 3.63) is 0 Å². The van der Waals surface area contributed by atoms with Gasteiger partial charge in [-0.3, -0.25) is 0 Å². The van der Waals surface area contributed by atoms with Crippen molar-refractivity contribution < 1.29 is 14.6 Å². The fourth-order valence-corrected chi connectivity index (χ4v) is 0.852. The Hall–Kier alpha value is -0.730. The first-order valence-electron chi connectivity index (χ1n) is 3.10. The van der Waals surface area contributed by atoms with Gasteiger partial charge in [0.2, 0.25) is 0 Å². The summed E-state index contributed by atoms with van der Waals surface area (Å²) >= 11 is 0. The molecule has 3 heteroatoms. The van der Waals surface area contributed by atoms with Crippen molar-refractivity contribution in [2.45, 2.75) is 31.8 Å². The maximum atomic E-state index is 9.99. The van der Waals surface area contributed by atoms with E-state index in [0.29, 0.717) is 0 Å². The maximum Gasteiger partial charge on any atom is 0.506 e. The van der Waals surface area contributed by atoms with Gasteiger partial charge in [0.1, 0.15) is 5.60 Å². The summed E-state index contributed by atoms with van der Waals surface area (Å²) < 4.78 is 4.61. The normalized spacial score (nSPS) is 21.0. The van der Waals surface area contributed by atoms with E-state index in [9.17, 15) is 4.79 Å². The molecular weight excluding hydrogens is 120 g/mol. The topological polar surface area (TPSA) is 46.5 Å². The second-order valence-electron chi connectivity index (χ2n) is 2.40. The van der Waals surface area contributed by atoms with Crippen molar-refractivity contribution in [1.82, 2.24) is 0 Å². The van der Waals surface area contributed by atoms with Crippen LogP contribution < -0.4 is 0 Å². The Labute approximate surface area is 53.6 Å². The van der Waals surface area contributed by atoms with Gasteiger partial charge in [-0.1, -0.05) is 6.92 Å². The molecule has 0 aromatic carbocycles. The molecule has 52 valence electrons. The van der Waals surface area contributed by atoms with Crippen LogP contribution in [0.5, 0.6) is 0 Å². The lowest BCUT2D eigenvalue weighted by Crippen LogP contribution is -2.16. The van der Waals surface area contributed by atoms with Crippen LogP contribution in [0.15, 0.2) is 0 Å². The summed E-state index contributed by atoms with van der Waals surface area (Å²) in [6, 6.07) is 0. The van der Waals surface area contributed by atoms with E-state index in [1.54, 1.807) is 0 Å². The third-order valence-electron chi connectivity index (χ3n) is 1.76. The van der Waals surface area contributed by atoms with Crippen molar-refractivity contribution in [3.63, 3.8) is 0 Å². The van der Waals surface area contributed by atoms with Crippen LogP contribution in [0.2, 0.25) is 0 Å². The standard InChI is InChI=1S/C6H10O3/c1-2-6(3-4-6)9-5(7)8/h2-4H2,1H3,(H,7,8). The van der Waals surface area contributed by atoms with E-state index in [4.69, 9.17) is 5.11 Å². The molecule has 0 heterocycles. The van der Waals surface area contributed by atoms with Gasteiger partial charge in [0, 0.05) is 0 Å². The van der Waals surface area contributed by atoms with Gasteiger partial charge >= 0.3 is 6.16 Å². The van der Waals surface area contributed by atoms with Crippen LogP contribution in [0.25, 0.3) is 0 Å². The number of ether oxygens (including phenoxy) is 1. The molecule has 0 saturated heterocycles. The molecule has 9 heavy (non-hydrogen) atoms. The lowest BCUT2D eigenvalue weighted by atomic mass is 10.3. The van der Waals surface area contributed by atoms with E-state index >= 15 is 0 Å². The average Bonchev–Trinajstić information content (AvgIpc) is 2.48. The van der Waals surface area contributed by atoms with Crippen LogP contribution in [0, 0.1) is 0 Å². The summed E-state index contributed by atoms with van der Waals surface area (Å²) in [5.41, 5.74) is -0.286. The third kappa shape index (κ3) is 1.34. The van der Waals surface area contributed by atoms with Gasteiger partial charge in [-0.25, -0.2) is 4.79 Å². The van der Waals surface area contributed by atoms with Crippen molar-refractivity contribution in [1.29, 1.82) is 0 Å². The summed E-state index contributed by atoms with van der Waals surface area (Å²) in [5, 5.41) is 8.20. The molecule has 0 amide bonds. The molecule has 0 spiro atoms. The van der Waals surface area contributed by atoms with Crippen LogP contribution in [0.3, 0.4) is 0 Å². The first-order valence-corrected chi connectivity index (χ1v) is 3.10. The van der Waals surface area contributed by atoms with Gasteiger partial charge in [-0.05, 0) is 19.3 Å². The van der Waals surface area contributed by atoms with Crippen LogP contribution in [-0.4, -0.2) is 16.9 Å². The average molecular weight is 130 g/mol.